The molecule has 1 unspecified atom stereocenters. The zero-order valence-corrected chi connectivity index (χ0v) is 14.4. The van der Waals surface area contributed by atoms with E-state index < -0.39 is 0 Å². The van der Waals surface area contributed by atoms with Crippen molar-refractivity contribution in [1.82, 2.24) is 5.32 Å². The number of nitrogens with one attached hydrogen (secondary N) is 1. The summed E-state index contributed by atoms with van der Waals surface area (Å²) in [5.41, 5.74) is 2.49. The number of anilines is 1. The topological polar surface area (TPSA) is 15.3 Å². The Bertz CT molecular complexity index is 445. The van der Waals surface area contributed by atoms with Gasteiger partial charge in [-0.15, -0.1) is 0 Å². The molecular formula is C18H29ClN2. The van der Waals surface area contributed by atoms with Gasteiger partial charge in [-0.1, -0.05) is 51.3 Å². The highest BCUT2D eigenvalue weighted by atomic mass is 35.5. The van der Waals surface area contributed by atoms with Gasteiger partial charge in [-0.3, -0.25) is 0 Å². The van der Waals surface area contributed by atoms with Crippen LogP contribution in [0.4, 0.5) is 5.69 Å². The molecule has 0 amide bonds. The third-order valence-electron chi connectivity index (χ3n) is 4.38. The average molecular weight is 309 g/mol. The van der Waals surface area contributed by atoms with Crippen molar-refractivity contribution >= 4 is 17.3 Å². The zero-order chi connectivity index (χ0) is 15.2. The molecule has 0 aromatic heterocycles. The van der Waals surface area contributed by atoms with Crippen LogP contribution >= 0.6 is 11.6 Å². The van der Waals surface area contributed by atoms with Gasteiger partial charge in [0.2, 0.25) is 0 Å². The second-order valence-corrected chi connectivity index (χ2v) is 6.83. The van der Waals surface area contributed by atoms with Gasteiger partial charge in [-0.05, 0) is 37.0 Å². The first-order valence-electron chi connectivity index (χ1n) is 8.40. The fraction of sp³-hybridized carbons (Fsp3) is 0.667. The molecule has 1 N–H and O–H groups in total. The molecular weight excluding hydrogens is 280 g/mol. The van der Waals surface area contributed by atoms with E-state index in [-0.39, 0.29) is 0 Å². The summed E-state index contributed by atoms with van der Waals surface area (Å²) in [5.74, 6) is 0. The minimum atomic E-state index is 0.499. The lowest BCUT2D eigenvalue weighted by molar-refractivity contribution is 0.556. The molecule has 1 saturated heterocycles. The van der Waals surface area contributed by atoms with E-state index in [1.165, 1.54) is 43.4 Å². The highest BCUT2D eigenvalue weighted by Crippen LogP contribution is 2.32. The second kappa shape index (κ2) is 8.05. The van der Waals surface area contributed by atoms with Crippen LogP contribution in [-0.2, 0) is 6.54 Å². The van der Waals surface area contributed by atoms with E-state index in [4.69, 9.17) is 11.6 Å². The van der Waals surface area contributed by atoms with Gasteiger partial charge in [-0.2, -0.15) is 0 Å². The highest BCUT2D eigenvalue weighted by Gasteiger charge is 2.21. The Kier molecular flexibility index (Phi) is 6.38. The molecule has 0 bridgehead atoms. The second-order valence-electron chi connectivity index (χ2n) is 6.43. The average Bonchev–Trinajstić information content (AvgIpc) is 2.70. The molecule has 118 valence electrons. The van der Waals surface area contributed by atoms with E-state index in [9.17, 15) is 0 Å². The van der Waals surface area contributed by atoms with E-state index >= 15 is 0 Å². The largest absolute Gasteiger partial charge is 0.367 e. The lowest BCUT2D eigenvalue weighted by Crippen LogP contribution is -2.34. The number of nitrogens with zero attached hydrogens (tertiary/aromatic N) is 1. The third kappa shape index (κ3) is 4.62. The maximum absolute atomic E-state index is 6.58. The van der Waals surface area contributed by atoms with Gasteiger partial charge in [0.25, 0.3) is 0 Å². The lowest BCUT2D eigenvalue weighted by Gasteiger charge is -2.32. The molecule has 0 radical (unpaired) electrons. The molecule has 2 rings (SSSR count). The fourth-order valence-electron chi connectivity index (χ4n) is 3.13. The normalized spacial score (nSPS) is 19.9. The van der Waals surface area contributed by atoms with Crippen molar-refractivity contribution in [2.24, 2.45) is 0 Å². The summed E-state index contributed by atoms with van der Waals surface area (Å²) in [6.45, 7) is 8.65. The monoisotopic (exact) mass is 308 g/mol. The van der Waals surface area contributed by atoms with Crippen LogP contribution in [0.5, 0.6) is 0 Å². The van der Waals surface area contributed by atoms with E-state index in [1.807, 2.05) is 0 Å². The molecule has 0 aliphatic carbocycles. The summed E-state index contributed by atoms with van der Waals surface area (Å²) in [7, 11) is 0. The van der Waals surface area contributed by atoms with Crippen molar-refractivity contribution in [3.05, 3.63) is 28.8 Å². The minimum absolute atomic E-state index is 0.499. The maximum atomic E-state index is 6.58. The Morgan fingerprint density at radius 2 is 2.10 bits per heavy atom. The third-order valence-corrected chi connectivity index (χ3v) is 4.69. The Morgan fingerprint density at radius 1 is 1.29 bits per heavy atom. The van der Waals surface area contributed by atoms with Gasteiger partial charge >= 0.3 is 0 Å². The van der Waals surface area contributed by atoms with Gasteiger partial charge in [-0.25, -0.2) is 0 Å². The van der Waals surface area contributed by atoms with Crippen LogP contribution in [0.3, 0.4) is 0 Å². The Labute approximate surface area is 134 Å². The minimum Gasteiger partial charge on any atom is -0.367 e. The van der Waals surface area contributed by atoms with Crippen molar-refractivity contribution in [1.29, 1.82) is 0 Å². The number of benzene rings is 1. The predicted octanol–water partition coefficient (Wildman–Crippen LogP) is 5.00. The first-order valence-corrected chi connectivity index (χ1v) is 8.78. The summed E-state index contributed by atoms with van der Waals surface area (Å²) in [6, 6.07) is 7.70. The molecule has 2 nitrogen and oxygen atoms in total. The molecule has 21 heavy (non-hydrogen) atoms. The van der Waals surface area contributed by atoms with Gasteiger partial charge in [0.1, 0.15) is 0 Å². The van der Waals surface area contributed by atoms with Crippen molar-refractivity contribution in [2.45, 2.75) is 71.5 Å². The number of halogens is 1. The van der Waals surface area contributed by atoms with Crippen molar-refractivity contribution in [3.63, 3.8) is 0 Å². The fourth-order valence-corrected chi connectivity index (χ4v) is 3.45. The predicted molar refractivity (Wildman–Crippen MR) is 93.3 cm³/mol. The van der Waals surface area contributed by atoms with E-state index in [1.54, 1.807) is 0 Å². The van der Waals surface area contributed by atoms with Crippen LogP contribution in [-0.4, -0.2) is 18.6 Å². The van der Waals surface area contributed by atoms with Gasteiger partial charge in [0.15, 0.2) is 0 Å². The molecule has 1 heterocycles. The van der Waals surface area contributed by atoms with Crippen LogP contribution in [0.25, 0.3) is 0 Å². The first kappa shape index (κ1) is 16.6. The summed E-state index contributed by atoms with van der Waals surface area (Å²) in [4.78, 5) is 2.54. The Morgan fingerprint density at radius 3 is 2.76 bits per heavy atom. The molecule has 0 saturated carbocycles. The smallest absolute Gasteiger partial charge is 0.0642 e. The first-order chi connectivity index (χ1) is 10.1. The molecule has 1 atom stereocenters. The molecule has 1 aromatic rings. The Balaban J connectivity index is 2.14. The quantitative estimate of drug-likeness (QED) is 0.823. The summed E-state index contributed by atoms with van der Waals surface area (Å²) in [5, 5.41) is 4.35. The number of hydrogen-bond acceptors (Lipinski definition) is 2. The number of hydrogen-bond donors (Lipinski definition) is 1. The van der Waals surface area contributed by atoms with Crippen LogP contribution in [0.2, 0.25) is 5.02 Å². The molecule has 0 spiro atoms. The van der Waals surface area contributed by atoms with E-state index in [0.29, 0.717) is 12.1 Å². The molecule has 1 aromatic carbocycles. The highest BCUT2D eigenvalue weighted by molar-refractivity contribution is 6.33. The van der Waals surface area contributed by atoms with E-state index in [0.717, 1.165) is 18.1 Å². The summed E-state index contributed by atoms with van der Waals surface area (Å²) in [6.07, 6.45) is 6.48. The van der Waals surface area contributed by atoms with Gasteiger partial charge in [0.05, 0.1) is 10.7 Å². The SMILES string of the molecule is CCC1CCCCCN1c1ccc(CNC(C)C)cc1Cl. The van der Waals surface area contributed by atoms with Crippen molar-refractivity contribution < 1.29 is 0 Å². The van der Waals surface area contributed by atoms with Crippen molar-refractivity contribution in [3.8, 4) is 0 Å². The van der Waals surface area contributed by atoms with Gasteiger partial charge in [0, 0.05) is 25.2 Å². The maximum Gasteiger partial charge on any atom is 0.0642 e. The van der Waals surface area contributed by atoms with E-state index in [2.05, 4.69) is 49.2 Å². The van der Waals surface area contributed by atoms with Gasteiger partial charge < -0.3 is 10.2 Å². The molecule has 1 fully saturated rings. The van der Waals surface area contributed by atoms with Crippen LogP contribution in [0.1, 0.15) is 58.4 Å². The Hall–Kier alpha value is -0.730. The van der Waals surface area contributed by atoms with Crippen LogP contribution in [0.15, 0.2) is 18.2 Å². The standard InChI is InChI=1S/C18H29ClN2/c1-4-16-8-6-5-7-11-21(16)18-10-9-15(12-17(18)19)13-20-14(2)3/h9-10,12,14,16,20H,4-8,11,13H2,1-3H3. The van der Waals surface area contributed by atoms with Crippen LogP contribution in [0, 0.1) is 0 Å². The zero-order valence-electron chi connectivity index (χ0n) is 13.7. The van der Waals surface area contributed by atoms with Crippen molar-refractivity contribution in [2.75, 3.05) is 11.4 Å². The molecule has 1 aliphatic heterocycles. The number of rotatable bonds is 5. The molecule has 1 aliphatic rings. The molecule has 3 heteroatoms. The van der Waals surface area contributed by atoms with Crippen LogP contribution < -0.4 is 10.2 Å². The summed E-state index contributed by atoms with van der Waals surface area (Å²) >= 11 is 6.58. The lowest BCUT2D eigenvalue weighted by atomic mass is 10.1. The summed E-state index contributed by atoms with van der Waals surface area (Å²) < 4.78 is 0.